The second-order valence-corrected chi connectivity index (χ2v) is 8.50. The minimum Gasteiger partial charge on any atom is -0.497 e. The van der Waals surface area contributed by atoms with Crippen LogP contribution in [0.25, 0.3) is 17.0 Å². The van der Waals surface area contributed by atoms with E-state index in [2.05, 4.69) is 15.2 Å². The van der Waals surface area contributed by atoms with Crippen LogP contribution in [0.5, 0.6) is 5.75 Å². The smallest absolute Gasteiger partial charge is 0.276 e. The Morgan fingerprint density at radius 2 is 2.06 bits per heavy atom. The molecule has 1 aromatic heterocycles. The summed E-state index contributed by atoms with van der Waals surface area (Å²) < 4.78 is 5.34. The van der Waals surface area contributed by atoms with Gasteiger partial charge in [0.1, 0.15) is 5.75 Å². The molecule has 8 nitrogen and oxygen atoms in total. The number of nitro benzene ring substituents is 1. The number of aliphatic hydroxyl groups is 1. The van der Waals surface area contributed by atoms with Gasteiger partial charge in [0.05, 0.1) is 29.2 Å². The van der Waals surface area contributed by atoms with Crippen LogP contribution in [0.4, 0.5) is 5.69 Å². The molecule has 0 bridgehead atoms. The first-order valence-corrected chi connectivity index (χ1v) is 11.5. The zero-order valence-electron chi connectivity index (χ0n) is 19.3. The van der Waals surface area contributed by atoms with E-state index in [4.69, 9.17) is 4.74 Å². The Hall–Kier alpha value is -3.33. The molecule has 0 aliphatic carbocycles. The van der Waals surface area contributed by atoms with Gasteiger partial charge in [-0.25, -0.2) is 0 Å². The normalized spacial score (nSPS) is 16.2. The number of fused-ring (bicyclic) bond motifs is 1. The topological polar surface area (TPSA) is 101 Å². The minimum atomic E-state index is -0.605. The minimum absolute atomic E-state index is 0.117. The van der Waals surface area contributed by atoms with Crippen molar-refractivity contribution >= 4 is 22.7 Å². The van der Waals surface area contributed by atoms with Crippen LogP contribution in [0.1, 0.15) is 30.1 Å². The molecule has 2 N–H and O–H groups in total. The summed E-state index contributed by atoms with van der Waals surface area (Å²) in [5, 5.41) is 26.5. The molecule has 4 rings (SSSR count). The molecule has 1 fully saturated rings. The quantitative estimate of drug-likeness (QED) is 0.367. The van der Waals surface area contributed by atoms with E-state index < -0.39 is 6.10 Å². The maximum absolute atomic E-state index is 11.1. The fraction of sp³-hybridized carbons (Fsp3) is 0.346. The first-order chi connectivity index (χ1) is 16.5. The van der Waals surface area contributed by atoms with E-state index in [0.29, 0.717) is 24.7 Å². The molecule has 1 unspecified atom stereocenters. The summed E-state index contributed by atoms with van der Waals surface area (Å²) in [5.74, 6) is 0.747. The molecule has 2 aromatic carbocycles. The standard InChI is InChI=1S/C26H30N4O4/c1-34-21-8-9-24-23(17-21)22(10-14-28-24)26(31)18-29-15-11-20(12-16-29)27-13-4-6-19-5-2-3-7-25(19)30(32)33/h2-10,14,17,20,26-27,31H,11-13,15-16,18H2,1H3/b6-4+. The lowest BCUT2D eigenvalue weighted by Crippen LogP contribution is -2.43. The molecule has 8 heteroatoms. The van der Waals surface area contributed by atoms with Crippen molar-refractivity contribution in [2.75, 3.05) is 33.3 Å². The fourth-order valence-electron chi connectivity index (χ4n) is 4.44. The van der Waals surface area contributed by atoms with Crippen LogP contribution >= 0.6 is 0 Å². The van der Waals surface area contributed by atoms with Crippen molar-refractivity contribution in [3.05, 3.63) is 82.0 Å². The van der Waals surface area contributed by atoms with Gasteiger partial charge in [-0.3, -0.25) is 15.1 Å². The number of methoxy groups -OCH3 is 1. The van der Waals surface area contributed by atoms with Gasteiger partial charge in [-0.05, 0) is 61.8 Å². The van der Waals surface area contributed by atoms with E-state index >= 15 is 0 Å². The molecule has 0 saturated carbocycles. The number of ether oxygens (including phenoxy) is 1. The van der Waals surface area contributed by atoms with Crippen molar-refractivity contribution in [2.45, 2.75) is 25.0 Å². The predicted molar refractivity (Wildman–Crippen MR) is 133 cm³/mol. The van der Waals surface area contributed by atoms with E-state index in [1.54, 1.807) is 37.6 Å². The zero-order chi connectivity index (χ0) is 23.9. The highest BCUT2D eigenvalue weighted by Crippen LogP contribution is 2.28. The third-order valence-electron chi connectivity index (χ3n) is 6.32. The Kier molecular flexibility index (Phi) is 7.84. The van der Waals surface area contributed by atoms with Crippen LogP contribution in [-0.2, 0) is 0 Å². The number of hydrogen-bond donors (Lipinski definition) is 2. The molecular formula is C26H30N4O4. The van der Waals surface area contributed by atoms with E-state index in [-0.39, 0.29) is 10.6 Å². The van der Waals surface area contributed by atoms with Crippen molar-refractivity contribution in [3.8, 4) is 5.75 Å². The van der Waals surface area contributed by atoms with Crippen LogP contribution in [0.15, 0.2) is 60.8 Å². The monoisotopic (exact) mass is 462 g/mol. The van der Waals surface area contributed by atoms with Crippen LogP contribution < -0.4 is 10.1 Å². The highest BCUT2D eigenvalue weighted by Gasteiger charge is 2.22. The van der Waals surface area contributed by atoms with E-state index in [9.17, 15) is 15.2 Å². The Bertz CT molecular complexity index is 1160. The van der Waals surface area contributed by atoms with E-state index in [0.717, 1.165) is 48.1 Å². The summed E-state index contributed by atoms with van der Waals surface area (Å²) in [6, 6.07) is 14.7. The van der Waals surface area contributed by atoms with Crippen LogP contribution in [0, 0.1) is 10.1 Å². The summed E-state index contributed by atoms with van der Waals surface area (Å²) >= 11 is 0. The highest BCUT2D eigenvalue weighted by atomic mass is 16.6. The Morgan fingerprint density at radius 1 is 1.26 bits per heavy atom. The third kappa shape index (κ3) is 5.77. The van der Waals surface area contributed by atoms with Crippen LogP contribution in [0.2, 0.25) is 0 Å². The van der Waals surface area contributed by atoms with Gasteiger partial charge >= 0.3 is 0 Å². The Labute approximate surface area is 199 Å². The lowest BCUT2D eigenvalue weighted by atomic mass is 10.0. The molecule has 0 amide bonds. The number of nitrogens with zero attached hydrogens (tertiary/aromatic N) is 3. The largest absolute Gasteiger partial charge is 0.497 e. The average molecular weight is 463 g/mol. The second kappa shape index (κ2) is 11.2. The summed E-state index contributed by atoms with van der Waals surface area (Å²) in [6.07, 6.45) is 6.83. The molecule has 1 aliphatic rings. The molecule has 178 valence electrons. The summed E-state index contributed by atoms with van der Waals surface area (Å²) in [6.45, 7) is 3.02. The van der Waals surface area contributed by atoms with Gasteiger partial charge < -0.3 is 20.1 Å². The number of likely N-dealkylation sites (tertiary alicyclic amines) is 1. The molecule has 0 radical (unpaired) electrons. The zero-order valence-corrected chi connectivity index (χ0v) is 19.3. The molecule has 34 heavy (non-hydrogen) atoms. The lowest BCUT2D eigenvalue weighted by Gasteiger charge is -2.33. The van der Waals surface area contributed by atoms with Gasteiger partial charge in [0.2, 0.25) is 0 Å². The fourth-order valence-corrected chi connectivity index (χ4v) is 4.44. The number of β-amino-alcohol motifs (C(OH)–C–C–N with tert-alkyl or cyclic N) is 1. The van der Waals surface area contributed by atoms with Crippen molar-refractivity contribution in [1.82, 2.24) is 15.2 Å². The second-order valence-electron chi connectivity index (χ2n) is 8.50. The lowest BCUT2D eigenvalue weighted by molar-refractivity contribution is -0.385. The molecular weight excluding hydrogens is 432 g/mol. The number of piperidine rings is 1. The summed E-state index contributed by atoms with van der Waals surface area (Å²) in [5.41, 5.74) is 2.43. The number of para-hydroxylation sites is 1. The number of nitrogens with one attached hydrogen (secondary N) is 1. The molecule has 1 saturated heterocycles. The molecule has 0 spiro atoms. The van der Waals surface area contributed by atoms with Gasteiger partial charge in [-0.15, -0.1) is 0 Å². The first kappa shape index (κ1) is 23.8. The van der Waals surface area contributed by atoms with E-state index in [1.165, 1.54) is 6.07 Å². The first-order valence-electron chi connectivity index (χ1n) is 11.5. The van der Waals surface area contributed by atoms with Crippen molar-refractivity contribution in [2.24, 2.45) is 0 Å². The van der Waals surface area contributed by atoms with Gasteiger partial charge in [0.25, 0.3) is 5.69 Å². The number of benzene rings is 2. The maximum Gasteiger partial charge on any atom is 0.276 e. The number of aromatic nitrogens is 1. The Balaban J connectivity index is 1.27. The number of hydrogen-bond acceptors (Lipinski definition) is 7. The summed E-state index contributed by atoms with van der Waals surface area (Å²) in [4.78, 5) is 17.4. The van der Waals surface area contributed by atoms with Crippen molar-refractivity contribution < 1.29 is 14.8 Å². The number of aliphatic hydroxyl groups excluding tert-OH is 1. The highest BCUT2D eigenvalue weighted by molar-refractivity contribution is 5.83. The number of rotatable bonds is 9. The number of nitro groups is 1. The van der Waals surface area contributed by atoms with Gasteiger partial charge in [0, 0.05) is 36.8 Å². The molecule has 1 atom stereocenters. The van der Waals surface area contributed by atoms with Gasteiger partial charge in [0.15, 0.2) is 0 Å². The molecule has 3 aromatic rings. The van der Waals surface area contributed by atoms with Crippen molar-refractivity contribution in [3.63, 3.8) is 0 Å². The third-order valence-corrected chi connectivity index (χ3v) is 6.32. The predicted octanol–water partition coefficient (Wildman–Crippen LogP) is 3.95. The van der Waals surface area contributed by atoms with Gasteiger partial charge in [-0.2, -0.15) is 0 Å². The SMILES string of the molecule is COc1ccc2nccc(C(O)CN3CCC(NC/C=C/c4ccccc4[N+](=O)[O-])CC3)c2c1. The molecule has 1 aliphatic heterocycles. The summed E-state index contributed by atoms with van der Waals surface area (Å²) in [7, 11) is 1.63. The van der Waals surface area contributed by atoms with E-state index in [1.807, 2.05) is 30.3 Å². The maximum atomic E-state index is 11.1. The average Bonchev–Trinajstić information content (AvgIpc) is 2.87. The van der Waals surface area contributed by atoms with Gasteiger partial charge in [-0.1, -0.05) is 24.3 Å². The Morgan fingerprint density at radius 3 is 2.82 bits per heavy atom. The molecule has 2 heterocycles. The van der Waals surface area contributed by atoms with Crippen LogP contribution in [0.3, 0.4) is 0 Å². The van der Waals surface area contributed by atoms with Crippen LogP contribution in [-0.4, -0.2) is 59.2 Å². The van der Waals surface area contributed by atoms with Crippen molar-refractivity contribution in [1.29, 1.82) is 0 Å². The number of pyridine rings is 1.